The minimum Gasteiger partial charge on any atom is -0.306 e. The number of benzene rings is 1. The van der Waals surface area contributed by atoms with Crippen molar-refractivity contribution in [2.45, 2.75) is 29.9 Å². The van der Waals surface area contributed by atoms with Gasteiger partial charge in [-0.1, -0.05) is 11.6 Å². The Morgan fingerprint density at radius 2 is 2.05 bits per heavy atom. The average molecular weight is 312 g/mol. The van der Waals surface area contributed by atoms with Crippen LogP contribution in [0.15, 0.2) is 15.8 Å². The fourth-order valence-electron chi connectivity index (χ4n) is 2.70. The van der Waals surface area contributed by atoms with Gasteiger partial charge >= 0.3 is 5.69 Å². The molecule has 0 spiro atoms. The second-order valence-corrected chi connectivity index (χ2v) is 7.15. The van der Waals surface area contributed by atoms with Gasteiger partial charge in [0, 0.05) is 10.1 Å². The maximum atomic E-state index is 11.4. The minimum absolute atomic E-state index is 0.180. The second-order valence-electron chi connectivity index (χ2n) is 5.43. The number of hydrogen-bond donors (Lipinski definition) is 2. The van der Waals surface area contributed by atoms with E-state index in [1.54, 1.807) is 0 Å². The first-order chi connectivity index (χ1) is 9.54. The molecule has 1 aromatic carbocycles. The van der Waals surface area contributed by atoms with E-state index >= 15 is 0 Å². The van der Waals surface area contributed by atoms with Crippen LogP contribution in [0.5, 0.6) is 0 Å². The zero-order chi connectivity index (χ0) is 14.3. The molecule has 4 nitrogen and oxygen atoms in total. The predicted molar refractivity (Wildman–Crippen MR) is 85.0 cm³/mol. The van der Waals surface area contributed by atoms with Crippen LogP contribution >= 0.6 is 23.4 Å². The third-order valence-corrected chi connectivity index (χ3v) is 5.89. The van der Waals surface area contributed by atoms with Gasteiger partial charge in [0.2, 0.25) is 0 Å². The monoisotopic (exact) mass is 311 g/mol. The van der Waals surface area contributed by atoms with Gasteiger partial charge in [0.1, 0.15) is 0 Å². The largest absolute Gasteiger partial charge is 0.323 e. The summed E-state index contributed by atoms with van der Waals surface area (Å²) < 4.78 is 0. The lowest BCUT2D eigenvalue weighted by molar-refractivity contribution is 0.282. The standard InChI is InChI=1S/C14H18ClN3OS/c1-8-12-11(16-14(19)17-12)7-10(15)13(8)20-9-3-5-18(2)6-4-9/h7,9H,3-6H2,1-2H3,(H2,16,17,19). The Kier molecular flexibility index (Phi) is 3.84. The molecule has 0 unspecified atom stereocenters. The lowest BCUT2D eigenvalue weighted by Gasteiger charge is -2.29. The molecule has 0 amide bonds. The molecule has 0 atom stereocenters. The number of aryl methyl sites for hydroxylation is 1. The number of likely N-dealkylation sites (tertiary alicyclic amines) is 1. The molecule has 3 rings (SSSR count). The fourth-order valence-corrected chi connectivity index (χ4v) is 4.31. The molecule has 2 heterocycles. The number of nitrogens with zero attached hydrogens (tertiary/aromatic N) is 1. The number of rotatable bonds is 2. The van der Waals surface area contributed by atoms with Gasteiger partial charge in [0.15, 0.2) is 0 Å². The number of aromatic amines is 2. The van der Waals surface area contributed by atoms with Crippen LogP contribution in [-0.2, 0) is 0 Å². The first-order valence-corrected chi connectivity index (χ1v) is 8.06. The van der Waals surface area contributed by atoms with Crippen molar-refractivity contribution in [1.29, 1.82) is 0 Å². The molecular formula is C14H18ClN3OS. The highest BCUT2D eigenvalue weighted by Gasteiger charge is 2.21. The molecule has 0 saturated carbocycles. The maximum Gasteiger partial charge on any atom is 0.323 e. The lowest BCUT2D eigenvalue weighted by atomic mass is 10.1. The van der Waals surface area contributed by atoms with Crippen molar-refractivity contribution in [2.24, 2.45) is 0 Å². The normalized spacial score (nSPS) is 17.9. The van der Waals surface area contributed by atoms with Crippen molar-refractivity contribution in [2.75, 3.05) is 20.1 Å². The summed E-state index contributed by atoms with van der Waals surface area (Å²) in [5, 5.41) is 1.33. The van der Waals surface area contributed by atoms with E-state index in [-0.39, 0.29) is 5.69 Å². The molecule has 108 valence electrons. The van der Waals surface area contributed by atoms with Gasteiger partial charge in [-0.05, 0) is 51.5 Å². The van der Waals surface area contributed by atoms with Crippen molar-refractivity contribution < 1.29 is 0 Å². The van der Waals surface area contributed by atoms with E-state index in [0.29, 0.717) is 5.25 Å². The molecule has 20 heavy (non-hydrogen) atoms. The van der Waals surface area contributed by atoms with Crippen LogP contribution in [-0.4, -0.2) is 40.3 Å². The van der Waals surface area contributed by atoms with Crippen LogP contribution in [0.25, 0.3) is 11.0 Å². The number of piperidine rings is 1. The first kappa shape index (κ1) is 14.0. The summed E-state index contributed by atoms with van der Waals surface area (Å²) in [6.45, 7) is 4.30. The third kappa shape index (κ3) is 2.62. The van der Waals surface area contributed by atoms with Crippen LogP contribution in [0.3, 0.4) is 0 Å². The second kappa shape index (κ2) is 5.47. The molecule has 1 fully saturated rings. The van der Waals surface area contributed by atoms with Crippen molar-refractivity contribution in [3.8, 4) is 0 Å². The maximum absolute atomic E-state index is 11.4. The van der Waals surface area contributed by atoms with Gasteiger partial charge in [-0.25, -0.2) is 4.79 Å². The number of H-pyrrole nitrogens is 2. The summed E-state index contributed by atoms with van der Waals surface area (Å²) in [5.41, 5.74) is 2.54. The summed E-state index contributed by atoms with van der Waals surface area (Å²) in [5.74, 6) is 0. The summed E-state index contributed by atoms with van der Waals surface area (Å²) in [7, 11) is 2.16. The molecule has 2 aromatic rings. The minimum atomic E-state index is -0.180. The molecule has 0 radical (unpaired) electrons. The highest BCUT2D eigenvalue weighted by Crippen LogP contribution is 2.39. The average Bonchev–Trinajstić information content (AvgIpc) is 2.77. The Morgan fingerprint density at radius 1 is 1.35 bits per heavy atom. The highest BCUT2D eigenvalue weighted by atomic mass is 35.5. The van der Waals surface area contributed by atoms with Crippen molar-refractivity contribution >= 4 is 34.4 Å². The molecule has 1 aromatic heterocycles. The zero-order valence-corrected chi connectivity index (χ0v) is 13.2. The lowest BCUT2D eigenvalue weighted by Crippen LogP contribution is -2.31. The fraction of sp³-hybridized carbons (Fsp3) is 0.500. The Hall–Kier alpha value is -0.910. The van der Waals surface area contributed by atoms with Crippen LogP contribution in [0.2, 0.25) is 5.02 Å². The van der Waals surface area contributed by atoms with Crippen LogP contribution in [0, 0.1) is 6.92 Å². The van der Waals surface area contributed by atoms with Gasteiger partial charge in [-0.15, -0.1) is 11.8 Å². The molecule has 1 aliphatic heterocycles. The molecule has 1 aliphatic rings. The summed E-state index contributed by atoms with van der Waals surface area (Å²) in [6, 6.07) is 1.85. The Labute approximate surface area is 126 Å². The van der Waals surface area contributed by atoms with Gasteiger partial charge in [-0.3, -0.25) is 0 Å². The van der Waals surface area contributed by atoms with Crippen molar-refractivity contribution in [3.63, 3.8) is 0 Å². The topological polar surface area (TPSA) is 51.9 Å². The number of aromatic nitrogens is 2. The molecule has 2 N–H and O–H groups in total. The van der Waals surface area contributed by atoms with Crippen molar-refractivity contribution in [1.82, 2.24) is 14.9 Å². The quantitative estimate of drug-likeness (QED) is 0.896. The van der Waals surface area contributed by atoms with Gasteiger partial charge in [-0.2, -0.15) is 0 Å². The van der Waals surface area contributed by atoms with E-state index in [2.05, 4.69) is 21.9 Å². The van der Waals surface area contributed by atoms with Crippen LogP contribution in [0.1, 0.15) is 18.4 Å². The zero-order valence-electron chi connectivity index (χ0n) is 11.6. The van der Waals surface area contributed by atoms with E-state index in [1.165, 1.54) is 12.8 Å². The van der Waals surface area contributed by atoms with Crippen LogP contribution in [0.4, 0.5) is 0 Å². The van der Waals surface area contributed by atoms with E-state index in [1.807, 2.05) is 24.8 Å². The Bertz CT molecular complexity index is 686. The molecular weight excluding hydrogens is 294 g/mol. The number of fused-ring (bicyclic) bond motifs is 1. The predicted octanol–water partition coefficient (Wildman–Crippen LogP) is 3.00. The molecule has 0 aliphatic carbocycles. The SMILES string of the molecule is Cc1c(SC2CCN(C)CC2)c(Cl)cc2[nH]c(=O)[nH]c12. The van der Waals surface area contributed by atoms with Crippen molar-refractivity contribution in [3.05, 3.63) is 27.1 Å². The Balaban J connectivity index is 1.92. The number of nitrogens with one attached hydrogen (secondary N) is 2. The third-order valence-electron chi connectivity index (χ3n) is 3.91. The van der Waals surface area contributed by atoms with E-state index in [4.69, 9.17) is 11.6 Å². The van der Waals surface area contributed by atoms with Gasteiger partial charge in [0.25, 0.3) is 0 Å². The van der Waals surface area contributed by atoms with Gasteiger partial charge < -0.3 is 14.9 Å². The highest BCUT2D eigenvalue weighted by molar-refractivity contribution is 8.00. The number of halogens is 1. The summed E-state index contributed by atoms with van der Waals surface area (Å²) in [4.78, 5) is 20.5. The molecule has 0 bridgehead atoms. The van der Waals surface area contributed by atoms with E-state index in [0.717, 1.165) is 39.6 Å². The van der Waals surface area contributed by atoms with Gasteiger partial charge in [0.05, 0.1) is 16.1 Å². The Morgan fingerprint density at radius 3 is 2.75 bits per heavy atom. The number of hydrogen-bond acceptors (Lipinski definition) is 3. The van der Waals surface area contributed by atoms with Crippen LogP contribution < -0.4 is 5.69 Å². The smallest absolute Gasteiger partial charge is 0.306 e. The summed E-state index contributed by atoms with van der Waals surface area (Å²) >= 11 is 8.25. The first-order valence-electron chi connectivity index (χ1n) is 6.81. The van der Waals surface area contributed by atoms with E-state index < -0.39 is 0 Å². The van der Waals surface area contributed by atoms with E-state index in [9.17, 15) is 4.79 Å². The summed E-state index contributed by atoms with van der Waals surface area (Å²) in [6.07, 6.45) is 2.36. The molecule has 1 saturated heterocycles. The molecule has 6 heteroatoms. The number of thioether (sulfide) groups is 1. The number of imidazole rings is 1.